The summed E-state index contributed by atoms with van der Waals surface area (Å²) in [5, 5.41) is 11.8. The van der Waals surface area contributed by atoms with Crippen LogP contribution < -0.4 is 5.32 Å². The van der Waals surface area contributed by atoms with E-state index < -0.39 is 0 Å². The predicted octanol–water partition coefficient (Wildman–Crippen LogP) is 1.86. The van der Waals surface area contributed by atoms with Crippen LogP contribution in [0.5, 0.6) is 0 Å². The molecule has 1 N–H and O–H groups in total. The van der Waals surface area contributed by atoms with Crippen LogP contribution in [0.3, 0.4) is 0 Å². The fourth-order valence-corrected chi connectivity index (χ4v) is 2.23. The highest BCUT2D eigenvalue weighted by Crippen LogP contribution is 2.15. The summed E-state index contributed by atoms with van der Waals surface area (Å²) in [6.07, 6.45) is 1.95. The van der Waals surface area contributed by atoms with Gasteiger partial charge in [0.1, 0.15) is 0 Å². The molecule has 0 aliphatic carbocycles. The Kier molecular flexibility index (Phi) is 4.32. The summed E-state index contributed by atoms with van der Waals surface area (Å²) < 4.78 is 0. The number of carbonyl (C=O) groups excluding carboxylic acids is 1. The van der Waals surface area contributed by atoms with Gasteiger partial charge in [0.2, 0.25) is 5.91 Å². The van der Waals surface area contributed by atoms with E-state index in [1.807, 2.05) is 30.3 Å². The Morgan fingerprint density at radius 2 is 2.22 bits per heavy atom. The zero-order chi connectivity index (χ0) is 12.8. The summed E-state index contributed by atoms with van der Waals surface area (Å²) in [6.45, 7) is 1.98. The zero-order valence-electron chi connectivity index (χ0n) is 10.3. The van der Waals surface area contributed by atoms with E-state index in [1.165, 1.54) is 0 Å². The van der Waals surface area contributed by atoms with Gasteiger partial charge in [-0.05, 0) is 31.5 Å². The van der Waals surface area contributed by atoms with Crippen LogP contribution >= 0.6 is 0 Å². The molecule has 4 nitrogen and oxygen atoms in total. The first kappa shape index (κ1) is 12.6. The Morgan fingerprint density at radius 3 is 2.94 bits per heavy atom. The van der Waals surface area contributed by atoms with Gasteiger partial charge in [-0.3, -0.25) is 9.69 Å². The minimum atomic E-state index is -0.0141. The van der Waals surface area contributed by atoms with Gasteiger partial charge in [-0.1, -0.05) is 18.2 Å². The molecule has 0 spiro atoms. The van der Waals surface area contributed by atoms with E-state index in [4.69, 9.17) is 5.26 Å². The highest BCUT2D eigenvalue weighted by atomic mass is 16.2. The Hall–Kier alpha value is -1.86. The molecule has 1 aliphatic rings. The fourth-order valence-electron chi connectivity index (χ4n) is 2.23. The number of rotatable bonds is 3. The minimum Gasteiger partial charge on any atom is -0.325 e. The summed E-state index contributed by atoms with van der Waals surface area (Å²) in [7, 11) is 0. The Labute approximate surface area is 107 Å². The van der Waals surface area contributed by atoms with E-state index in [0.717, 1.165) is 25.1 Å². The number of nitrogens with one attached hydrogen (secondary N) is 1. The molecule has 0 saturated carbocycles. The number of anilines is 1. The van der Waals surface area contributed by atoms with Crippen LogP contribution in [0.4, 0.5) is 5.69 Å². The van der Waals surface area contributed by atoms with Gasteiger partial charge < -0.3 is 5.32 Å². The lowest BCUT2D eigenvalue weighted by atomic mass is 10.00. The molecule has 1 atom stereocenters. The number of benzene rings is 1. The van der Waals surface area contributed by atoms with Crippen LogP contribution in [0, 0.1) is 17.2 Å². The third-order valence-corrected chi connectivity index (χ3v) is 3.11. The largest absolute Gasteiger partial charge is 0.325 e. The quantitative estimate of drug-likeness (QED) is 0.881. The fraction of sp³-hybridized carbons (Fsp3) is 0.429. The second kappa shape index (κ2) is 6.18. The molecule has 94 valence electrons. The zero-order valence-corrected chi connectivity index (χ0v) is 10.3. The van der Waals surface area contributed by atoms with Crippen molar-refractivity contribution >= 4 is 11.6 Å². The molecule has 1 heterocycles. The molecule has 0 bridgehead atoms. The van der Waals surface area contributed by atoms with Crippen molar-refractivity contribution in [3.8, 4) is 6.07 Å². The highest BCUT2D eigenvalue weighted by Gasteiger charge is 2.21. The van der Waals surface area contributed by atoms with Crippen molar-refractivity contribution in [2.75, 3.05) is 25.0 Å². The smallest absolute Gasteiger partial charge is 0.238 e. The van der Waals surface area contributed by atoms with Gasteiger partial charge in [0, 0.05) is 12.2 Å². The lowest BCUT2D eigenvalue weighted by molar-refractivity contribution is -0.117. The molecule has 1 aliphatic heterocycles. The van der Waals surface area contributed by atoms with Gasteiger partial charge in [-0.15, -0.1) is 0 Å². The van der Waals surface area contributed by atoms with Gasteiger partial charge in [0.15, 0.2) is 0 Å². The van der Waals surface area contributed by atoms with Gasteiger partial charge in [0.25, 0.3) is 0 Å². The van der Waals surface area contributed by atoms with Crippen molar-refractivity contribution in [1.29, 1.82) is 5.26 Å². The van der Waals surface area contributed by atoms with Crippen molar-refractivity contribution in [2.45, 2.75) is 12.8 Å². The van der Waals surface area contributed by atoms with Crippen LogP contribution in [0.1, 0.15) is 12.8 Å². The summed E-state index contributed by atoms with van der Waals surface area (Å²) in [6, 6.07) is 11.7. The maximum absolute atomic E-state index is 11.8. The van der Waals surface area contributed by atoms with E-state index in [0.29, 0.717) is 13.1 Å². The number of para-hydroxylation sites is 1. The average molecular weight is 243 g/mol. The highest BCUT2D eigenvalue weighted by molar-refractivity contribution is 5.92. The molecule has 1 unspecified atom stereocenters. The van der Waals surface area contributed by atoms with Crippen LogP contribution in [0.15, 0.2) is 30.3 Å². The first-order valence-electron chi connectivity index (χ1n) is 6.25. The first-order chi connectivity index (χ1) is 8.78. The number of nitrogens with zero attached hydrogens (tertiary/aromatic N) is 2. The lowest BCUT2D eigenvalue weighted by Gasteiger charge is -2.28. The number of nitriles is 1. The Balaban J connectivity index is 1.83. The monoisotopic (exact) mass is 243 g/mol. The normalized spacial score (nSPS) is 20.1. The number of hydrogen-bond acceptors (Lipinski definition) is 3. The molecule has 1 fully saturated rings. The standard InChI is InChI=1S/C14H17N3O/c15-9-12-5-4-8-17(10-12)11-14(18)16-13-6-2-1-3-7-13/h1-3,6-7,12H,4-5,8,10-11H2,(H,16,18). The predicted molar refractivity (Wildman–Crippen MR) is 69.8 cm³/mol. The van der Waals surface area contributed by atoms with Crippen LogP contribution in [0.25, 0.3) is 0 Å². The SMILES string of the molecule is N#CC1CCCN(CC(=O)Nc2ccccc2)C1. The molecule has 2 rings (SSSR count). The molecule has 1 aromatic rings. The van der Waals surface area contributed by atoms with Crippen LogP contribution in [-0.4, -0.2) is 30.4 Å². The summed E-state index contributed by atoms with van der Waals surface area (Å²) >= 11 is 0. The van der Waals surface area contributed by atoms with Crippen molar-refractivity contribution in [3.63, 3.8) is 0 Å². The van der Waals surface area contributed by atoms with Crippen molar-refractivity contribution in [3.05, 3.63) is 30.3 Å². The Bertz CT molecular complexity index is 438. The van der Waals surface area contributed by atoms with Gasteiger partial charge >= 0.3 is 0 Å². The van der Waals surface area contributed by atoms with Gasteiger partial charge in [0.05, 0.1) is 18.5 Å². The number of amides is 1. The minimum absolute atomic E-state index is 0.0141. The topological polar surface area (TPSA) is 56.1 Å². The van der Waals surface area contributed by atoms with Gasteiger partial charge in [-0.25, -0.2) is 0 Å². The molecule has 1 saturated heterocycles. The van der Waals surface area contributed by atoms with Crippen molar-refractivity contribution < 1.29 is 4.79 Å². The molecular formula is C14H17N3O. The first-order valence-corrected chi connectivity index (χ1v) is 6.25. The number of carbonyl (C=O) groups is 1. The molecular weight excluding hydrogens is 226 g/mol. The van der Waals surface area contributed by atoms with E-state index in [2.05, 4.69) is 16.3 Å². The average Bonchev–Trinajstić information content (AvgIpc) is 2.40. The van der Waals surface area contributed by atoms with E-state index >= 15 is 0 Å². The van der Waals surface area contributed by atoms with Crippen LogP contribution in [-0.2, 0) is 4.79 Å². The molecule has 4 heteroatoms. The summed E-state index contributed by atoms with van der Waals surface area (Å²) in [5.74, 6) is 0.0584. The Morgan fingerprint density at radius 1 is 1.44 bits per heavy atom. The second-order valence-corrected chi connectivity index (χ2v) is 4.62. The number of piperidine rings is 1. The third kappa shape index (κ3) is 3.57. The van der Waals surface area contributed by atoms with E-state index in [-0.39, 0.29) is 11.8 Å². The lowest BCUT2D eigenvalue weighted by Crippen LogP contribution is -2.40. The number of hydrogen-bond donors (Lipinski definition) is 1. The molecule has 0 aromatic heterocycles. The third-order valence-electron chi connectivity index (χ3n) is 3.11. The molecule has 18 heavy (non-hydrogen) atoms. The number of likely N-dealkylation sites (tertiary alicyclic amines) is 1. The second-order valence-electron chi connectivity index (χ2n) is 4.62. The van der Waals surface area contributed by atoms with E-state index in [1.54, 1.807) is 0 Å². The maximum atomic E-state index is 11.8. The molecule has 1 amide bonds. The van der Waals surface area contributed by atoms with Gasteiger partial charge in [-0.2, -0.15) is 5.26 Å². The summed E-state index contributed by atoms with van der Waals surface area (Å²) in [5.41, 5.74) is 0.816. The van der Waals surface area contributed by atoms with Crippen molar-refractivity contribution in [1.82, 2.24) is 4.90 Å². The maximum Gasteiger partial charge on any atom is 0.238 e. The van der Waals surface area contributed by atoms with E-state index in [9.17, 15) is 4.79 Å². The molecule has 0 radical (unpaired) electrons. The van der Waals surface area contributed by atoms with Crippen molar-refractivity contribution in [2.24, 2.45) is 5.92 Å². The summed E-state index contributed by atoms with van der Waals surface area (Å²) in [4.78, 5) is 13.9. The van der Waals surface area contributed by atoms with Crippen LogP contribution in [0.2, 0.25) is 0 Å². The molecule has 1 aromatic carbocycles.